The average molecular weight is 259 g/mol. The fourth-order valence-corrected chi connectivity index (χ4v) is 2.41. The number of hydrogen-bond acceptors (Lipinski definition) is 0. The van der Waals surface area contributed by atoms with Crippen molar-refractivity contribution in [3.05, 3.63) is 42.3 Å². The van der Waals surface area contributed by atoms with Crippen molar-refractivity contribution < 1.29 is 0 Å². The lowest BCUT2D eigenvalue weighted by molar-refractivity contribution is 0.589. The van der Waals surface area contributed by atoms with Crippen molar-refractivity contribution >= 4 is 0 Å². The molecule has 0 unspecified atom stereocenters. The quantitative estimate of drug-likeness (QED) is 0.471. The Hall–Kier alpha value is -0.780. The Morgan fingerprint density at radius 3 is 1.89 bits per heavy atom. The summed E-state index contributed by atoms with van der Waals surface area (Å²) in [5.41, 5.74) is 2.83. The van der Waals surface area contributed by atoms with Gasteiger partial charge in [-0.05, 0) is 36.3 Å². The second-order valence-corrected chi connectivity index (χ2v) is 6.45. The summed E-state index contributed by atoms with van der Waals surface area (Å²) in [7, 11) is 0. The lowest BCUT2D eigenvalue weighted by Gasteiger charge is -2.18. The summed E-state index contributed by atoms with van der Waals surface area (Å²) >= 11 is 0. The number of unbranched alkanes of at least 4 members (excludes halogenated alkanes) is 6. The van der Waals surface area contributed by atoms with Gasteiger partial charge in [-0.3, -0.25) is 0 Å². The minimum Gasteiger partial charge on any atom is -0.0654 e. The predicted molar refractivity (Wildman–Crippen MR) is 86.5 cm³/mol. The second-order valence-electron chi connectivity index (χ2n) is 6.45. The van der Waals surface area contributed by atoms with Crippen LogP contribution in [0.25, 0.3) is 0 Å². The lowest BCUT2D eigenvalue weighted by atomic mass is 9.86. The van der Waals surface area contributed by atoms with E-state index in [4.69, 9.17) is 0 Å². The van der Waals surface area contributed by atoms with Crippen molar-refractivity contribution in [2.24, 2.45) is 0 Å². The summed E-state index contributed by atoms with van der Waals surface area (Å²) in [5.74, 6) is 0. The summed E-state index contributed by atoms with van der Waals surface area (Å²) in [4.78, 5) is 0. The second kappa shape index (κ2) is 8.40. The number of aryl methyl sites for hydroxylation is 1. The van der Waals surface area contributed by atoms with Gasteiger partial charge in [-0.15, -0.1) is 0 Å². The van der Waals surface area contributed by atoms with Crippen molar-refractivity contribution in [3.8, 4) is 0 Å². The predicted octanol–water partition coefficient (Wildman–Crippen LogP) is 6.09. The molecule has 1 rings (SSSR count). The highest BCUT2D eigenvalue weighted by Gasteiger charge is 2.12. The molecule has 0 fully saturated rings. The van der Waals surface area contributed by atoms with Crippen molar-refractivity contribution in [1.29, 1.82) is 0 Å². The van der Waals surface area contributed by atoms with E-state index in [1.54, 1.807) is 0 Å². The van der Waals surface area contributed by atoms with Gasteiger partial charge in [0.1, 0.15) is 0 Å². The fraction of sp³-hybridized carbons (Fsp3) is 0.632. The molecule has 0 aromatic heterocycles. The van der Waals surface area contributed by atoms with Crippen LogP contribution >= 0.6 is 0 Å². The van der Waals surface area contributed by atoms with Crippen molar-refractivity contribution in [2.75, 3.05) is 0 Å². The van der Waals surface area contributed by atoms with Crippen LogP contribution < -0.4 is 0 Å². The zero-order chi connectivity index (χ0) is 14.1. The Morgan fingerprint density at radius 2 is 1.37 bits per heavy atom. The SMILES string of the molecule is [CH2]C(C)(C)c1ccc(CCCCCCCCC)cc1. The molecule has 0 spiro atoms. The van der Waals surface area contributed by atoms with E-state index < -0.39 is 0 Å². The van der Waals surface area contributed by atoms with Crippen LogP contribution in [0.1, 0.15) is 76.8 Å². The van der Waals surface area contributed by atoms with Gasteiger partial charge in [0.25, 0.3) is 0 Å². The maximum atomic E-state index is 4.18. The van der Waals surface area contributed by atoms with E-state index in [-0.39, 0.29) is 5.41 Å². The molecule has 0 saturated heterocycles. The van der Waals surface area contributed by atoms with E-state index in [9.17, 15) is 0 Å². The molecular formula is C19H31. The molecule has 0 aliphatic carbocycles. The highest BCUT2D eigenvalue weighted by molar-refractivity contribution is 5.28. The number of benzene rings is 1. The van der Waals surface area contributed by atoms with Gasteiger partial charge in [-0.2, -0.15) is 0 Å². The van der Waals surface area contributed by atoms with Gasteiger partial charge < -0.3 is 0 Å². The van der Waals surface area contributed by atoms with Crippen molar-refractivity contribution in [1.82, 2.24) is 0 Å². The maximum absolute atomic E-state index is 4.18. The van der Waals surface area contributed by atoms with Crippen molar-refractivity contribution in [3.63, 3.8) is 0 Å². The van der Waals surface area contributed by atoms with Crippen LogP contribution in [0.2, 0.25) is 0 Å². The Labute approximate surface area is 120 Å². The van der Waals surface area contributed by atoms with E-state index in [1.807, 2.05) is 0 Å². The molecule has 0 nitrogen and oxygen atoms in total. The Bertz CT molecular complexity index is 326. The zero-order valence-electron chi connectivity index (χ0n) is 13.2. The molecule has 0 N–H and O–H groups in total. The van der Waals surface area contributed by atoms with Gasteiger partial charge in [0.2, 0.25) is 0 Å². The first-order valence-electron chi connectivity index (χ1n) is 7.99. The van der Waals surface area contributed by atoms with Crippen LogP contribution in [-0.4, -0.2) is 0 Å². The topological polar surface area (TPSA) is 0 Å². The molecule has 0 aliphatic heterocycles. The molecule has 1 aromatic rings. The first kappa shape index (κ1) is 16.3. The summed E-state index contributed by atoms with van der Waals surface area (Å²) in [6.45, 7) is 10.8. The molecule has 107 valence electrons. The molecular weight excluding hydrogens is 228 g/mol. The van der Waals surface area contributed by atoms with Crippen LogP contribution in [-0.2, 0) is 11.8 Å². The largest absolute Gasteiger partial charge is 0.0654 e. The first-order chi connectivity index (χ1) is 9.04. The van der Waals surface area contributed by atoms with Crippen LogP contribution in [0.15, 0.2) is 24.3 Å². The summed E-state index contributed by atoms with van der Waals surface area (Å²) in [5, 5.41) is 0. The smallest absolute Gasteiger partial charge is 0.0103 e. The van der Waals surface area contributed by atoms with Gasteiger partial charge >= 0.3 is 0 Å². The third-order valence-corrected chi connectivity index (χ3v) is 3.80. The fourth-order valence-electron chi connectivity index (χ4n) is 2.41. The minimum atomic E-state index is 0.0256. The van der Waals surface area contributed by atoms with Gasteiger partial charge in [-0.1, -0.05) is 83.6 Å². The first-order valence-corrected chi connectivity index (χ1v) is 7.99. The molecule has 19 heavy (non-hydrogen) atoms. The number of hydrogen-bond donors (Lipinski definition) is 0. The average Bonchev–Trinajstić information content (AvgIpc) is 2.37. The zero-order valence-corrected chi connectivity index (χ0v) is 13.2. The Balaban J connectivity index is 2.20. The van der Waals surface area contributed by atoms with E-state index >= 15 is 0 Å². The van der Waals surface area contributed by atoms with Gasteiger partial charge in [0.05, 0.1) is 0 Å². The summed E-state index contributed by atoms with van der Waals surface area (Å²) in [6.07, 6.45) is 10.9. The van der Waals surface area contributed by atoms with Gasteiger partial charge in [0, 0.05) is 0 Å². The molecule has 0 aliphatic rings. The summed E-state index contributed by atoms with van der Waals surface area (Å²) < 4.78 is 0. The molecule has 0 heteroatoms. The third-order valence-electron chi connectivity index (χ3n) is 3.80. The van der Waals surface area contributed by atoms with E-state index in [1.165, 1.54) is 62.5 Å². The Morgan fingerprint density at radius 1 is 0.842 bits per heavy atom. The van der Waals surface area contributed by atoms with E-state index in [2.05, 4.69) is 52.0 Å². The maximum Gasteiger partial charge on any atom is -0.0103 e. The van der Waals surface area contributed by atoms with Crippen LogP contribution in [0, 0.1) is 6.92 Å². The molecule has 0 bridgehead atoms. The monoisotopic (exact) mass is 259 g/mol. The normalized spacial score (nSPS) is 11.8. The number of rotatable bonds is 9. The van der Waals surface area contributed by atoms with Crippen LogP contribution in [0.4, 0.5) is 0 Å². The third kappa shape index (κ3) is 6.80. The van der Waals surface area contributed by atoms with E-state index in [0.29, 0.717) is 0 Å². The Kier molecular flexibility index (Phi) is 7.20. The standard InChI is InChI=1S/C19H31/c1-5-6-7-8-9-10-11-12-17-13-15-18(16-14-17)19(2,3)4/h13-16H,2,5-12H2,1,3-4H3. The highest BCUT2D eigenvalue weighted by atomic mass is 14.2. The molecule has 1 radical (unpaired) electrons. The molecule has 0 atom stereocenters. The van der Waals surface area contributed by atoms with Crippen molar-refractivity contribution in [2.45, 2.75) is 77.6 Å². The molecule has 0 saturated carbocycles. The van der Waals surface area contributed by atoms with Crippen LogP contribution in [0.3, 0.4) is 0 Å². The molecule has 1 aromatic carbocycles. The van der Waals surface area contributed by atoms with Crippen LogP contribution in [0.5, 0.6) is 0 Å². The lowest BCUT2D eigenvalue weighted by Crippen LogP contribution is -2.11. The minimum absolute atomic E-state index is 0.0256. The molecule has 0 heterocycles. The van der Waals surface area contributed by atoms with Gasteiger partial charge in [0.15, 0.2) is 0 Å². The highest BCUT2D eigenvalue weighted by Crippen LogP contribution is 2.22. The molecule has 0 amide bonds. The van der Waals surface area contributed by atoms with E-state index in [0.717, 1.165) is 0 Å². The summed E-state index contributed by atoms with van der Waals surface area (Å²) in [6, 6.07) is 9.03. The van der Waals surface area contributed by atoms with Gasteiger partial charge in [-0.25, -0.2) is 0 Å².